The van der Waals surface area contributed by atoms with Crippen molar-refractivity contribution in [3.8, 4) is 0 Å². The van der Waals surface area contributed by atoms with E-state index in [0.29, 0.717) is 6.04 Å². The van der Waals surface area contributed by atoms with Crippen molar-refractivity contribution in [1.82, 2.24) is 5.32 Å². The van der Waals surface area contributed by atoms with E-state index in [-0.39, 0.29) is 0 Å². The van der Waals surface area contributed by atoms with Crippen molar-refractivity contribution in [2.24, 2.45) is 0 Å². The molecule has 1 aromatic rings. The molecule has 0 aromatic heterocycles. The largest absolute Gasteiger partial charge is 0.378 e. The van der Waals surface area contributed by atoms with Crippen molar-refractivity contribution in [2.45, 2.75) is 44.7 Å². The summed E-state index contributed by atoms with van der Waals surface area (Å²) in [5, 5.41) is 3.76. The topological polar surface area (TPSA) is 24.5 Å². The molecule has 0 atom stereocenters. The third-order valence-corrected chi connectivity index (χ3v) is 5.08. The molecule has 2 aliphatic rings. The SMILES string of the molecule is Brc1ccc(CNC2CCCCC2)c(N2CCOCC2)c1. The van der Waals surface area contributed by atoms with E-state index >= 15 is 0 Å². The van der Waals surface area contributed by atoms with Crippen LogP contribution in [-0.4, -0.2) is 32.3 Å². The molecule has 1 aromatic carbocycles. The Labute approximate surface area is 136 Å². The fourth-order valence-electron chi connectivity index (χ4n) is 3.35. The van der Waals surface area contributed by atoms with E-state index in [4.69, 9.17) is 4.74 Å². The number of anilines is 1. The Bertz CT molecular complexity index is 454. The molecule has 116 valence electrons. The summed E-state index contributed by atoms with van der Waals surface area (Å²) < 4.78 is 6.64. The van der Waals surface area contributed by atoms with E-state index < -0.39 is 0 Å². The van der Waals surface area contributed by atoms with Crippen LogP contribution >= 0.6 is 15.9 Å². The fraction of sp³-hybridized carbons (Fsp3) is 0.647. The summed E-state index contributed by atoms with van der Waals surface area (Å²) in [7, 11) is 0. The Kier molecular flexibility index (Phi) is 5.55. The number of nitrogens with one attached hydrogen (secondary N) is 1. The first-order valence-corrected chi connectivity index (χ1v) is 8.97. The summed E-state index contributed by atoms with van der Waals surface area (Å²) >= 11 is 3.61. The van der Waals surface area contributed by atoms with Gasteiger partial charge in [-0.3, -0.25) is 0 Å². The Hall–Kier alpha value is -0.580. The van der Waals surface area contributed by atoms with E-state index in [1.165, 1.54) is 43.4 Å². The third-order valence-electron chi connectivity index (χ3n) is 4.59. The highest BCUT2D eigenvalue weighted by molar-refractivity contribution is 9.10. The molecule has 0 amide bonds. The quantitative estimate of drug-likeness (QED) is 0.893. The lowest BCUT2D eigenvalue weighted by molar-refractivity contribution is 0.122. The van der Waals surface area contributed by atoms with Crippen molar-refractivity contribution in [1.29, 1.82) is 0 Å². The molecule has 1 saturated carbocycles. The summed E-state index contributed by atoms with van der Waals surface area (Å²) in [5.41, 5.74) is 2.77. The molecule has 1 saturated heterocycles. The highest BCUT2D eigenvalue weighted by Crippen LogP contribution is 2.27. The van der Waals surface area contributed by atoms with Gasteiger partial charge in [0, 0.05) is 35.8 Å². The van der Waals surface area contributed by atoms with Gasteiger partial charge in [-0.05, 0) is 30.5 Å². The van der Waals surface area contributed by atoms with E-state index in [1.54, 1.807) is 0 Å². The minimum absolute atomic E-state index is 0.708. The predicted molar refractivity (Wildman–Crippen MR) is 90.9 cm³/mol. The Morgan fingerprint density at radius 3 is 2.67 bits per heavy atom. The summed E-state index contributed by atoms with van der Waals surface area (Å²) in [6, 6.07) is 7.37. The highest BCUT2D eigenvalue weighted by atomic mass is 79.9. The third kappa shape index (κ3) is 4.21. The number of ether oxygens (including phenoxy) is 1. The molecule has 4 heteroatoms. The second-order valence-electron chi connectivity index (χ2n) is 6.09. The van der Waals surface area contributed by atoms with E-state index in [0.717, 1.165) is 37.3 Å². The molecule has 3 nitrogen and oxygen atoms in total. The van der Waals surface area contributed by atoms with Crippen LogP contribution < -0.4 is 10.2 Å². The number of nitrogens with zero attached hydrogens (tertiary/aromatic N) is 1. The highest BCUT2D eigenvalue weighted by Gasteiger charge is 2.17. The maximum Gasteiger partial charge on any atom is 0.0642 e. The molecule has 1 N–H and O–H groups in total. The smallest absolute Gasteiger partial charge is 0.0642 e. The second-order valence-corrected chi connectivity index (χ2v) is 7.00. The van der Waals surface area contributed by atoms with Crippen LogP contribution in [0.4, 0.5) is 5.69 Å². The molecular formula is C17H25BrN2O. The lowest BCUT2D eigenvalue weighted by Crippen LogP contribution is -2.37. The first kappa shape index (κ1) is 15.3. The molecule has 3 rings (SSSR count). The van der Waals surface area contributed by atoms with Crippen LogP contribution in [0.25, 0.3) is 0 Å². The number of morpholine rings is 1. The van der Waals surface area contributed by atoms with Gasteiger partial charge < -0.3 is 15.0 Å². The Morgan fingerprint density at radius 2 is 1.90 bits per heavy atom. The lowest BCUT2D eigenvalue weighted by atomic mass is 9.95. The van der Waals surface area contributed by atoms with Gasteiger partial charge in [0.05, 0.1) is 13.2 Å². The van der Waals surface area contributed by atoms with Gasteiger partial charge in [0.15, 0.2) is 0 Å². The van der Waals surface area contributed by atoms with Gasteiger partial charge in [0.2, 0.25) is 0 Å². The van der Waals surface area contributed by atoms with Gasteiger partial charge >= 0.3 is 0 Å². The van der Waals surface area contributed by atoms with Crippen LogP contribution in [0.3, 0.4) is 0 Å². The maximum absolute atomic E-state index is 5.48. The minimum Gasteiger partial charge on any atom is -0.378 e. The second kappa shape index (κ2) is 7.61. The normalized spacial score (nSPS) is 20.7. The first-order chi connectivity index (χ1) is 10.3. The molecular weight excluding hydrogens is 328 g/mol. The van der Waals surface area contributed by atoms with Gasteiger partial charge in [0.25, 0.3) is 0 Å². The summed E-state index contributed by atoms with van der Waals surface area (Å²) in [4.78, 5) is 2.45. The Balaban J connectivity index is 1.68. The average Bonchev–Trinajstić information content (AvgIpc) is 2.55. The van der Waals surface area contributed by atoms with Crippen molar-refractivity contribution in [2.75, 3.05) is 31.2 Å². The van der Waals surface area contributed by atoms with E-state index in [2.05, 4.69) is 44.3 Å². The van der Waals surface area contributed by atoms with Gasteiger partial charge in [-0.15, -0.1) is 0 Å². The van der Waals surface area contributed by atoms with Crippen molar-refractivity contribution >= 4 is 21.6 Å². The van der Waals surface area contributed by atoms with Crippen LogP contribution in [0.15, 0.2) is 22.7 Å². The molecule has 1 aliphatic heterocycles. The first-order valence-electron chi connectivity index (χ1n) is 8.17. The van der Waals surface area contributed by atoms with Crippen LogP contribution in [0.5, 0.6) is 0 Å². The molecule has 2 fully saturated rings. The molecule has 0 radical (unpaired) electrons. The van der Waals surface area contributed by atoms with Crippen molar-refractivity contribution in [3.05, 3.63) is 28.2 Å². The minimum atomic E-state index is 0.708. The lowest BCUT2D eigenvalue weighted by Gasteiger charge is -2.31. The number of benzene rings is 1. The van der Waals surface area contributed by atoms with Gasteiger partial charge in [-0.2, -0.15) is 0 Å². The zero-order valence-electron chi connectivity index (χ0n) is 12.6. The molecule has 0 bridgehead atoms. The maximum atomic E-state index is 5.48. The summed E-state index contributed by atoms with van der Waals surface area (Å²) in [6.45, 7) is 4.63. The number of hydrogen-bond donors (Lipinski definition) is 1. The average molecular weight is 353 g/mol. The van der Waals surface area contributed by atoms with Crippen LogP contribution in [-0.2, 0) is 11.3 Å². The van der Waals surface area contributed by atoms with Crippen LogP contribution in [0, 0.1) is 0 Å². The Morgan fingerprint density at radius 1 is 1.14 bits per heavy atom. The summed E-state index contributed by atoms with van der Waals surface area (Å²) in [5.74, 6) is 0. The zero-order chi connectivity index (χ0) is 14.5. The number of hydrogen-bond acceptors (Lipinski definition) is 3. The molecule has 0 spiro atoms. The molecule has 0 unspecified atom stereocenters. The standard InChI is InChI=1S/C17H25BrN2O/c18-15-7-6-14(13-19-16-4-2-1-3-5-16)17(12-15)20-8-10-21-11-9-20/h6-7,12,16,19H,1-5,8-11,13H2. The number of halogens is 1. The molecule has 21 heavy (non-hydrogen) atoms. The number of rotatable bonds is 4. The monoisotopic (exact) mass is 352 g/mol. The predicted octanol–water partition coefficient (Wildman–Crippen LogP) is 3.71. The van der Waals surface area contributed by atoms with E-state index in [9.17, 15) is 0 Å². The summed E-state index contributed by atoms with van der Waals surface area (Å²) in [6.07, 6.45) is 6.85. The van der Waals surface area contributed by atoms with Gasteiger partial charge in [-0.25, -0.2) is 0 Å². The van der Waals surface area contributed by atoms with Gasteiger partial charge in [-0.1, -0.05) is 41.3 Å². The van der Waals surface area contributed by atoms with Gasteiger partial charge in [0.1, 0.15) is 0 Å². The van der Waals surface area contributed by atoms with E-state index in [1.807, 2.05) is 0 Å². The fourth-order valence-corrected chi connectivity index (χ4v) is 3.70. The van der Waals surface area contributed by atoms with Crippen molar-refractivity contribution < 1.29 is 4.74 Å². The van der Waals surface area contributed by atoms with Crippen LogP contribution in [0.2, 0.25) is 0 Å². The molecule has 1 aliphatic carbocycles. The zero-order valence-corrected chi connectivity index (χ0v) is 14.2. The molecule has 1 heterocycles. The van der Waals surface area contributed by atoms with Crippen molar-refractivity contribution in [3.63, 3.8) is 0 Å². The van der Waals surface area contributed by atoms with Crippen LogP contribution in [0.1, 0.15) is 37.7 Å².